The quantitative estimate of drug-likeness (QED) is 0.838. The molecule has 7 heteroatoms. The van der Waals surface area contributed by atoms with E-state index in [1.54, 1.807) is 10.9 Å². The fourth-order valence-electron chi connectivity index (χ4n) is 3.08. The van der Waals surface area contributed by atoms with Crippen molar-refractivity contribution in [3.05, 3.63) is 46.2 Å². The third-order valence-corrected chi connectivity index (χ3v) is 4.97. The van der Waals surface area contributed by atoms with Crippen LogP contribution in [0.1, 0.15) is 35.3 Å². The number of hydrogen-bond donors (Lipinski definition) is 2. The maximum absolute atomic E-state index is 12.5. The molecule has 0 radical (unpaired) electrons. The van der Waals surface area contributed by atoms with E-state index in [9.17, 15) is 9.59 Å². The number of carbonyl (C=O) groups is 2. The number of carboxylic acids is 1. The van der Waals surface area contributed by atoms with Crippen LogP contribution in [0.5, 0.6) is 0 Å². The summed E-state index contributed by atoms with van der Waals surface area (Å²) in [5.74, 6) is -1.35. The van der Waals surface area contributed by atoms with Crippen molar-refractivity contribution in [1.82, 2.24) is 15.1 Å². The normalized spacial score (nSPS) is 20.1. The molecular weight excluding hydrogens is 374 g/mol. The van der Waals surface area contributed by atoms with Gasteiger partial charge in [0.1, 0.15) is 0 Å². The van der Waals surface area contributed by atoms with Crippen LogP contribution < -0.4 is 5.32 Å². The summed E-state index contributed by atoms with van der Waals surface area (Å²) in [5.41, 5.74) is 2.14. The Hall–Kier alpha value is -2.15. The van der Waals surface area contributed by atoms with Crippen molar-refractivity contribution in [2.24, 2.45) is 5.92 Å². The summed E-state index contributed by atoms with van der Waals surface area (Å²) in [6.07, 6.45) is 3.34. The topological polar surface area (TPSA) is 84.2 Å². The number of benzene rings is 1. The highest BCUT2D eigenvalue weighted by Crippen LogP contribution is 2.26. The van der Waals surface area contributed by atoms with Crippen molar-refractivity contribution >= 4 is 27.8 Å². The van der Waals surface area contributed by atoms with Crippen molar-refractivity contribution < 1.29 is 14.7 Å². The molecule has 1 saturated carbocycles. The lowest BCUT2D eigenvalue weighted by molar-refractivity contribution is -0.141. The fourth-order valence-corrected chi connectivity index (χ4v) is 3.34. The van der Waals surface area contributed by atoms with Gasteiger partial charge >= 0.3 is 5.97 Å². The molecule has 1 aromatic heterocycles. The molecule has 0 saturated heterocycles. The summed E-state index contributed by atoms with van der Waals surface area (Å²) in [7, 11) is 0. The molecular formula is C17H18BrN3O3. The molecule has 24 heavy (non-hydrogen) atoms. The standard InChI is InChI=1S/C17H18BrN3O3/c1-10-15(9-19-21(10)14-6-3-12(18)4-7-14)16(22)20-13-5-2-11(8-13)17(23)24/h3-4,6-7,9,11,13H,2,5,8H2,1H3,(H,20,22)(H,23,24)/t11-,13+/m1/s1. The SMILES string of the molecule is Cc1c(C(=O)N[C@H]2CC[C@@H](C(=O)O)C2)cnn1-c1ccc(Br)cc1. The van der Waals surface area contributed by atoms with Gasteiger partial charge in [-0.1, -0.05) is 15.9 Å². The average Bonchev–Trinajstić information content (AvgIpc) is 3.15. The number of nitrogens with one attached hydrogen (secondary N) is 1. The Morgan fingerprint density at radius 2 is 2.00 bits per heavy atom. The Balaban J connectivity index is 1.72. The molecule has 126 valence electrons. The highest BCUT2D eigenvalue weighted by atomic mass is 79.9. The van der Waals surface area contributed by atoms with Crippen molar-refractivity contribution in [3.8, 4) is 5.69 Å². The minimum absolute atomic E-state index is 0.0889. The Kier molecular flexibility index (Phi) is 4.71. The second kappa shape index (κ2) is 6.76. The van der Waals surface area contributed by atoms with E-state index in [1.807, 2.05) is 31.2 Å². The zero-order valence-electron chi connectivity index (χ0n) is 13.2. The smallest absolute Gasteiger partial charge is 0.306 e. The van der Waals surface area contributed by atoms with Crippen LogP contribution in [0, 0.1) is 12.8 Å². The number of hydrogen-bond acceptors (Lipinski definition) is 3. The molecule has 2 atom stereocenters. The van der Waals surface area contributed by atoms with Gasteiger partial charge in [-0.2, -0.15) is 5.10 Å². The van der Waals surface area contributed by atoms with E-state index in [0.717, 1.165) is 15.9 Å². The zero-order valence-corrected chi connectivity index (χ0v) is 14.8. The average molecular weight is 392 g/mol. The highest BCUT2D eigenvalue weighted by Gasteiger charge is 2.31. The van der Waals surface area contributed by atoms with Crippen LogP contribution in [-0.2, 0) is 4.79 Å². The van der Waals surface area contributed by atoms with Gasteiger partial charge in [-0.3, -0.25) is 9.59 Å². The number of nitrogens with zero attached hydrogens (tertiary/aromatic N) is 2. The second-order valence-corrected chi connectivity index (χ2v) is 6.97. The van der Waals surface area contributed by atoms with E-state index < -0.39 is 5.97 Å². The lowest BCUT2D eigenvalue weighted by atomic mass is 10.1. The molecule has 2 N–H and O–H groups in total. The molecule has 1 aromatic carbocycles. The maximum atomic E-state index is 12.5. The summed E-state index contributed by atoms with van der Waals surface area (Å²) in [6, 6.07) is 7.58. The van der Waals surface area contributed by atoms with Gasteiger partial charge in [0.05, 0.1) is 29.1 Å². The third-order valence-electron chi connectivity index (χ3n) is 4.44. The molecule has 1 heterocycles. The van der Waals surface area contributed by atoms with Gasteiger partial charge in [0.2, 0.25) is 0 Å². The predicted octanol–water partition coefficient (Wildman–Crippen LogP) is 2.93. The van der Waals surface area contributed by atoms with Gasteiger partial charge in [-0.05, 0) is 50.5 Å². The first-order valence-corrected chi connectivity index (χ1v) is 8.59. The summed E-state index contributed by atoms with van der Waals surface area (Å²) >= 11 is 3.39. The van der Waals surface area contributed by atoms with Crippen LogP contribution in [0.4, 0.5) is 0 Å². The predicted molar refractivity (Wildman–Crippen MR) is 92.2 cm³/mol. The lowest BCUT2D eigenvalue weighted by Crippen LogP contribution is -2.33. The second-order valence-electron chi connectivity index (χ2n) is 6.05. The van der Waals surface area contributed by atoms with Crippen LogP contribution in [0.3, 0.4) is 0 Å². The first-order chi connectivity index (χ1) is 11.5. The van der Waals surface area contributed by atoms with E-state index in [1.165, 1.54) is 0 Å². The molecule has 1 amide bonds. The van der Waals surface area contributed by atoms with Crippen molar-refractivity contribution in [2.45, 2.75) is 32.2 Å². The van der Waals surface area contributed by atoms with Crippen molar-refractivity contribution in [1.29, 1.82) is 0 Å². The van der Waals surface area contributed by atoms with E-state index >= 15 is 0 Å². The molecule has 6 nitrogen and oxygen atoms in total. The number of carboxylic acid groups (broad SMARTS) is 1. The number of halogens is 1. The van der Waals surface area contributed by atoms with Crippen LogP contribution in [0.2, 0.25) is 0 Å². The lowest BCUT2D eigenvalue weighted by Gasteiger charge is -2.12. The van der Waals surface area contributed by atoms with Crippen LogP contribution in [0.15, 0.2) is 34.9 Å². The van der Waals surface area contributed by atoms with E-state index in [0.29, 0.717) is 24.8 Å². The van der Waals surface area contributed by atoms with Gasteiger partial charge < -0.3 is 10.4 Å². The Labute approximate surface area is 148 Å². The van der Waals surface area contributed by atoms with Crippen LogP contribution >= 0.6 is 15.9 Å². The summed E-state index contributed by atoms with van der Waals surface area (Å²) < 4.78 is 2.69. The molecule has 3 rings (SSSR count). The largest absolute Gasteiger partial charge is 0.481 e. The van der Waals surface area contributed by atoms with Gasteiger partial charge in [0, 0.05) is 10.5 Å². The molecule has 1 fully saturated rings. The number of aromatic nitrogens is 2. The molecule has 0 bridgehead atoms. The minimum atomic E-state index is -0.786. The summed E-state index contributed by atoms with van der Waals surface area (Å²) in [4.78, 5) is 23.5. The molecule has 0 aliphatic heterocycles. The first kappa shape index (κ1) is 16.7. The molecule has 0 unspecified atom stereocenters. The maximum Gasteiger partial charge on any atom is 0.306 e. The van der Waals surface area contributed by atoms with E-state index in [4.69, 9.17) is 5.11 Å². The van der Waals surface area contributed by atoms with Crippen LogP contribution in [-0.4, -0.2) is 32.8 Å². The van der Waals surface area contributed by atoms with E-state index in [2.05, 4.69) is 26.3 Å². The minimum Gasteiger partial charge on any atom is -0.481 e. The van der Waals surface area contributed by atoms with Crippen molar-refractivity contribution in [2.75, 3.05) is 0 Å². The monoisotopic (exact) mass is 391 g/mol. The zero-order chi connectivity index (χ0) is 17.3. The number of rotatable bonds is 4. The number of aliphatic carboxylic acids is 1. The van der Waals surface area contributed by atoms with Crippen LogP contribution in [0.25, 0.3) is 5.69 Å². The molecule has 2 aromatic rings. The molecule has 1 aliphatic carbocycles. The van der Waals surface area contributed by atoms with Gasteiger partial charge in [-0.15, -0.1) is 0 Å². The van der Waals surface area contributed by atoms with Gasteiger partial charge in [0.15, 0.2) is 0 Å². The Bertz CT molecular complexity index is 770. The van der Waals surface area contributed by atoms with Gasteiger partial charge in [0.25, 0.3) is 5.91 Å². The Morgan fingerprint density at radius 3 is 2.62 bits per heavy atom. The van der Waals surface area contributed by atoms with Crippen molar-refractivity contribution in [3.63, 3.8) is 0 Å². The van der Waals surface area contributed by atoms with Gasteiger partial charge in [-0.25, -0.2) is 4.68 Å². The fraction of sp³-hybridized carbons (Fsp3) is 0.353. The van der Waals surface area contributed by atoms with E-state index in [-0.39, 0.29) is 17.9 Å². The summed E-state index contributed by atoms with van der Waals surface area (Å²) in [5, 5.41) is 16.3. The first-order valence-electron chi connectivity index (χ1n) is 7.80. The third kappa shape index (κ3) is 3.36. The summed E-state index contributed by atoms with van der Waals surface area (Å²) in [6.45, 7) is 1.85. The molecule has 0 spiro atoms. The highest BCUT2D eigenvalue weighted by molar-refractivity contribution is 9.10. The Morgan fingerprint density at radius 1 is 1.29 bits per heavy atom. The number of amides is 1. The molecule has 1 aliphatic rings. The number of carbonyl (C=O) groups excluding carboxylic acids is 1.